The van der Waals surface area contributed by atoms with E-state index in [-0.39, 0.29) is 18.0 Å². The number of rotatable bonds is 6. The van der Waals surface area contributed by atoms with Crippen LogP contribution in [0.4, 0.5) is 4.39 Å². The Labute approximate surface area is 184 Å². The molecule has 4 fully saturated rings. The highest BCUT2D eigenvalue weighted by molar-refractivity contribution is 6.30. The van der Waals surface area contributed by atoms with E-state index >= 15 is 0 Å². The lowest BCUT2D eigenvalue weighted by atomic mass is 9.43. The summed E-state index contributed by atoms with van der Waals surface area (Å²) in [6.07, 6.45) is 7.95. The number of benzene rings is 2. The first kappa shape index (κ1) is 20.3. The molecule has 6 rings (SSSR count). The van der Waals surface area contributed by atoms with E-state index in [2.05, 4.69) is 19.2 Å². The van der Waals surface area contributed by atoms with Gasteiger partial charge < -0.3 is 10.1 Å². The zero-order chi connectivity index (χ0) is 21.0. The Balaban J connectivity index is 1.33. The van der Waals surface area contributed by atoms with Gasteiger partial charge >= 0.3 is 0 Å². The molecule has 4 bridgehead atoms. The van der Waals surface area contributed by atoms with E-state index in [4.69, 9.17) is 16.3 Å². The Bertz CT molecular complexity index is 942. The molecule has 0 heterocycles. The lowest BCUT2D eigenvalue weighted by Crippen LogP contribution is -2.63. The first-order valence-corrected chi connectivity index (χ1v) is 11.5. The maximum Gasteiger partial charge on any atom is 0.129 e. The van der Waals surface area contributed by atoms with E-state index in [9.17, 15) is 4.39 Å². The van der Waals surface area contributed by atoms with Gasteiger partial charge in [-0.3, -0.25) is 0 Å². The SMILES string of the molecule is CC12CC3CC(C)(C1)CC(NCc1cc(Cl)ccc1OCc1ccccc1F)(C3)C2. The monoisotopic (exact) mass is 427 g/mol. The summed E-state index contributed by atoms with van der Waals surface area (Å²) in [4.78, 5) is 0. The molecule has 0 aliphatic heterocycles. The molecule has 2 aromatic carbocycles. The Morgan fingerprint density at radius 3 is 2.43 bits per heavy atom. The van der Waals surface area contributed by atoms with Crippen LogP contribution in [-0.2, 0) is 13.2 Å². The van der Waals surface area contributed by atoms with Gasteiger partial charge in [-0.15, -0.1) is 0 Å². The van der Waals surface area contributed by atoms with Gasteiger partial charge in [0, 0.05) is 28.2 Å². The van der Waals surface area contributed by atoms with Crippen LogP contribution < -0.4 is 10.1 Å². The Morgan fingerprint density at radius 1 is 1.00 bits per heavy atom. The summed E-state index contributed by atoms with van der Waals surface area (Å²) < 4.78 is 20.0. The molecule has 4 heteroatoms. The molecular weight excluding hydrogens is 397 g/mol. The van der Waals surface area contributed by atoms with Crippen molar-refractivity contribution >= 4 is 11.6 Å². The second-order valence-electron chi connectivity index (χ2n) is 10.9. The molecule has 0 radical (unpaired) electrons. The highest BCUT2D eigenvalue weighted by Gasteiger charge is 2.59. The van der Waals surface area contributed by atoms with Crippen molar-refractivity contribution in [2.24, 2.45) is 16.7 Å². The molecule has 2 atom stereocenters. The number of hydrogen-bond donors (Lipinski definition) is 1. The highest BCUT2D eigenvalue weighted by Crippen LogP contribution is 2.66. The minimum atomic E-state index is -0.235. The number of halogens is 2. The van der Waals surface area contributed by atoms with Gasteiger partial charge in [0.1, 0.15) is 18.2 Å². The van der Waals surface area contributed by atoms with E-state index in [1.54, 1.807) is 12.1 Å². The maximum absolute atomic E-state index is 14.0. The molecule has 4 aliphatic rings. The first-order valence-electron chi connectivity index (χ1n) is 11.2. The van der Waals surface area contributed by atoms with E-state index < -0.39 is 0 Å². The molecule has 0 saturated heterocycles. The van der Waals surface area contributed by atoms with Gasteiger partial charge in [-0.05, 0) is 79.5 Å². The van der Waals surface area contributed by atoms with Crippen LogP contribution >= 0.6 is 11.6 Å². The molecule has 0 spiro atoms. The predicted molar refractivity (Wildman–Crippen MR) is 119 cm³/mol. The van der Waals surface area contributed by atoms with Gasteiger partial charge in [-0.2, -0.15) is 0 Å². The molecule has 1 N–H and O–H groups in total. The lowest BCUT2D eigenvalue weighted by molar-refractivity contribution is -0.118. The van der Waals surface area contributed by atoms with Crippen LogP contribution in [0.3, 0.4) is 0 Å². The summed E-state index contributed by atoms with van der Waals surface area (Å²) in [5.41, 5.74) is 2.77. The summed E-state index contributed by atoms with van der Waals surface area (Å²) in [5.74, 6) is 1.39. The molecule has 4 aliphatic carbocycles. The van der Waals surface area contributed by atoms with Gasteiger partial charge in [0.15, 0.2) is 0 Å². The summed E-state index contributed by atoms with van der Waals surface area (Å²) >= 11 is 6.31. The smallest absolute Gasteiger partial charge is 0.129 e. The number of hydrogen-bond acceptors (Lipinski definition) is 2. The van der Waals surface area contributed by atoms with E-state index in [0.29, 0.717) is 21.4 Å². The summed E-state index contributed by atoms with van der Waals surface area (Å²) in [7, 11) is 0. The third kappa shape index (κ3) is 3.87. The second-order valence-corrected chi connectivity index (χ2v) is 11.3. The summed E-state index contributed by atoms with van der Waals surface area (Å²) in [6, 6.07) is 12.5. The average Bonchev–Trinajstić information content (AvgIpc) is 2.64. The quantitative estimate of drug-likeness (QED) is 0.541. The third-order valence-corrected chi connectivity index (χ3v) is 7.88. The van der Waals surface area contributed by atoms with Crippen LogP contribution in [-0.4, -0.2) is 5.54 Å². The van der Waals surface area contributed by atoms with E-state index in [0.717, 1.165) is 23.8 Å². The molecule has 30 heavy (non-hydrogen) atoms. The van der Waals surface area contributed by atoms with Crippen molar-refractivity contribution in [3.8, 4) is 5.75 Å². The normalized spacial score (nSPS) is 34.3. The third-order valence-electron chi connectivity index (χ3n) is 7.64. The van der Waals surface area contributed by atoms with Gasteiger partial charge in [0.2, 0.25) is 0 Å². The lowest BCUT2D eigenvalue weighted by Gasteiger charge is -2.65. The standard InChI is InChI=1S/C26H31ClFNO/c1-24-10-18-11-25(2,15-24)17-26(12-18,16-24)29-13-20-9-21(27)7-8-23(20)30-14-19-5-3-4-6-22(19)28/h3-9,18,29H,10-17H2,1-2H3. The average molecular weight is 428 g/mol. The molecule has 2 unspecified atom stereocenters. The van der Waals surface area contributed by atoms with Crippen molar-refractivity contribution in [3.63, 3.8) is 0 Å². The zero-order valence-electron chi connectivity index (χ0n) is 17.9. The van der Waals surface area contributed by atoms with Gasteiger partial charge in [-0.25, -0.2) is 4.39 Å². The Hall–Kier alpha value is -1.58. The topological polar surface area (TPSA) is 21.3 Å². The molecule has 4 saturated carbocycles. The fourth-order valence-electron chi connectivity index (χ4n) is 7.53. The van der Waals surface area contributed by atoms with Crippen LogP contribution in [0.25, 0.3) is 0 Å². The largest absolute Gasteiger partial charge is 0.488 e. The Morgan fingerprint density at radius 2 is 1.73 bits per heavy atom. The number of ether oxygens (including phenoxy) is 1. The van der Waals surface area contributed by atoms with Crippen molar-refractivity contribution in [2.75, 3.05) is 0 Å². The van der Waals surface area contributed by atoms with Crippen LogP contribution in [0.15, 0.2) is 42.5 Å². The van der Waals surface area contributed by atoms with Gasteiger partial charge in [-0.1, -0.05) is 43.6 Å². The van der Waals surface area contributed by atoms with Crippen LogP contribution in [0.5, 0.6) is 5.75 Å². The van der Waals surface area contributed by atoms with Crippen molar-refractivity contribution < 1.29 is 9.13 Å². The van der Waals surface area contributed by atoms with Crippen molar-refractivity contribution in [2.45, 2.75) is 71.1 Å². The molecule has 2 aromatic rings. The second kappa shape index (κ2) is 7.24. The summed E-state index contributed by atoms with van der Waals surface area (Å²) in [5, 5.41) is 4.66. The van der Waals surface area contributed by atoms with Gasteiger partial charge in [0.25, 0.3) is 0 Å². The van der Waals surface area contributed by atoms with E-state index in [1.165, 1.54) is 44.6 Å². The predicted octanol–water partition coefficient (Wildman–Crippen LogP) is 6.90. The van der Waals surface area contributed by atoms with Gasteiger partial charge in [0.05, 0.1) is 0 Å². The maximum atomic E-state index is 14.0. The molecule has 0 aromatic heterocycles. The van der Waals surface area contributed by atoms with Crippen LogP contribution in [0.1, 0.15) is 63.5 Å². The first-order chi connectivity index (χ1) is 14.3. The van der Waals surface area contributed by atoms with Crippen LogP contribution in [0.2, 0.25) is 5.02 Å². The van der Waals surface area contributed by atoms with Crippen molar-refractivity contribution in [3.05, 3.63) is 64.4 Å². The van der Waals surface area contributed by atoms with Crippen LogP contribution in [0, 0.1) is 22.6 Å². The summed E-state index contributed by atoms with van der Waals surface area (Å²) in [6.45, 7) is 5.93. The molecule has 160 valence electrons. The highest BCUT2D eigenvalue weighted by atomic mass is 35.5. The molecule has 0 amide bonds. The number of nitrogens with one attached hydrogen (secondary N) is 1. The minimum Gasteiger partial charge on any atom is -0.488 e. The fourth-order valence-corrected chi connectivity index (χ4v) is 7.72. The van der Waals surface area contributed by atoms with Crippen molar-refractivity contribution in [1.82, 2.24) is 5.32 Å². The van der Waals surface area contributed by atoms with E-state index in [1.807, 2.05) is 24.3 Å². The molecular formula is C26H31ClFNO. The minimum absolute atomic E-state index is 0.213. The fraction of sp³-hybridized carbons (Fsp3) is 0.538. The zero-order valence-corrected chi connectivity index (χ0v) is 18.7. The molecule has 2 nitrogen and oxygen atoms in total. The van der Waals surface area contributed by atoms with Crippen molar-refractivity contribution in [1.29, 1.82) is 0 Å². The Kier molecular flexibility index (Phi) is 4.91.